The van der Waals surface area contributed by atoms with Crippen LogP contribution in [0.5, 0.6) is 0 Å². The van der Waals surface area contributed by atoms with E-state index in [-0.39, 0.29) is 23.6 Å². The summed E-state index contributed by atoms with van der Waals surface area (Å²) in [6.45, 7) is 7.62. The predicted molar refractivity (Wildman–Crippen MR) is 116 cm³/mol. The summed E-state index contributed by atoms with van der Waals surface area (Å²) < 4.78 is 25.6. The quantitative estimate of drug-likeness (QED) is 0.391. The van der Waals surface area contributed by atoms with E-state index in [4.69, 9.17) is 9.47 Å². The molecule has 1 amide bonds. The topological polar surface area (TPSA) is 88.4 Å². The molecule has 174 valence electrons. The number of amides is 1. The van der Waals surface area contributed by atoms with Crippen LogP contribution in [0.15, 0.2) is 28.7 Å². The van der Waals surface area contributed by atoms with Crippen LogP contribution in [0.4, 0.5) is 4.39 Å². The molecule has 1 heterocycles. The number of aliphatic hydroxyl groups excluding tert-OH is 1. The molecule has 0 aromatic carbocycles. The van der Waals surface area contributed by atoms with E-state index in [1.807, 2.05) is 13.8 Å². The minimum Gasteiger partial charge on any atom is -0.479 e. The predicted octanol–water partition coefficient (Wildman–Crippen LogP) is 3.88. The molecular weight excluding hydrogens is 403 g/mol. The SMILES string of the molecule is CC(=O)O[C@H](C)CCCCOC1=NN(CCCC[C@@H](C)O)C(=O)C2=C(F)C=CC(C)C12. The Labute approximate surface area is 184 Å². The highest BCUT2D eigenvalue weighted by Crippen LogP contribution is 2.36. The second-order valence-electron chi connectivity index (χ2n) is 8.43. The summed E-state index contributed by atoms with van der Waals surface area (Å²) in [5, 5.41) is 15.1. The van der Waals surface area contributed by atoms with Crippen molar-refractivity contribution >= 4 is 17.8 Å². The van der Waals surface area contributed by atoms with Crippen molar-refractivity contribution in [3.63, 3.8) is 0 Å². The molecule has 4 atom stereocenters. The molecule has 0 bridgehead atoms. The highest BCUT2D eigenvalue weighted by atomic mass is 19.1. The Kier molecular flexibility index (Phi) is 9.68. The number of hydrazone groups is 1. The van der Waals surface area contributed by atoms with Crippen LogP contribution < -0.4 is 0 Å². The lowest BCUT2D eigenvalue weighted by molar-refractivity contribution is -0.145. The molecule has 1 aliphatic carbocycles. The zero-order valence-corrected chi connectivity index (χ0v) is 19.0. The summed E-state index contributed by atoms with van der Waals surface area (Å²) >= 11 is 0. The Bertz CT molecular complexity index is 731. The number of ether oxygens (including phenoxy) is 2. The number of hydrogen-bond donors (Lipinski definition) is 1. The Balaban J connectivity index is 2.00. The number of unbranched alkanes of at least 4 members (excludes halogenated alkanes) is 2. The van der Waals surface area contributed by atoms with Crippen LogP contribution in [0.3, 0.4) is 0 Å². The van der Waals surface area contributed by atoms with Crippen LogP contribution in [0.1, 0.15) is 66.2 Å². The zero-order valence-electron chi connectivity index (χ0n) is 19.0. The second-order valence-corrected chi connectivity index (χ2v) is 8.43. The van der Waals surface area contributed by atoms with Gasteiger partial charge in [0.2, 0.25) is 5.90 Å². The first kappa shape index (κ1) is 25.0. The Morgan fingerprint density at radius 1 is 1.26 bits per heavy atom. The van der Waals surface area contributed by atoms with Gasteiger partial charge in [-0.15, -0.1) is 5.10 Å². The molecule has 0 saturated heterocycles. The van der Waals surface area contributed by atoms with Crippen molar-refractivity contribution in [3.05, 3.63) is 23.6 Å². The van der Waals surface area contributed by atoms with Gasteiger partial charge in [-0.2, -0.15) is 0 Å². The van der Waals surface area contributed by atoms with Crippen molar-refractivity contribution in [3.8, 4) is 0 Å². The lowest BCUT2D eigenvalue weighted by Gasteiger charge is -2.35. The third-order valence-electron chi connectivity index (χ3n) is 5.45. The summed E-state index contributed by atoms with van der Waals surface area (Å²) in [6, 6.07) is 0. The fraction of sp³-hybridized carbons (Fsp3) is 0.696. The first-order valence-electron chi connectivity index (χ1n) is 11.2. The minimum absolute atomic E-state index is 0.0985. The number of allylic oxidation sites excluding steroid dienone is 3. The summed E-state index contributed by atoms with van der Waals surface area (Å²) in [5.41, 5.74) is 0.110. The van der Waals surface area contributed by atoms with E-state index < -0.39 is 23.8 Å². The molecule has 0 saturated carbocycles. The third kappa shape index (κ3) is 7.45. The van der Waals surface area contributed by atoms with Crippen molar-refractivity contribution in [2.24, 2.45) is 16.9 Å². The van der Waals surface area contributed by atoms with Gasteiger partial charge in [-0.3, -0.25) is 9.59 Å². The van der Waals surface area contributed by atoms with Gasteiger partial charge >= 0.3 is 5.97 Å². The van der Waals surface area contributed by atoms with Gasteiger partial charge in [0.25, 0.3) is 5.91 Å². The highest BCUT2D eigenvalue weighted by molar-refractivity contribution is 6.04. The molecule has 7 nitrogen and oxygen atoms in total. The monoisotopic (exact) mass is 438 g/mol. The lowest BCUT2D eigenvalue weighted by Crippen LogP contribution is -2.43. The molecule has 0 radical (unpaired) electrons. The molecular formula is C23H35FN2O5. The van der Waals surface area contributed by atoms with E-state index in [2.05, 4.69) is 5.10 Å². The smallest absolute Gasteiger partial charge is 0.302 e. The van der Waals surface area contributed by atoms with Crippen molar-refractivity contribution in [2.75, 3.05) is 13.2 Å². The van der Waals surface area contributed by atoms with E-state index in [9.17, 15) is 19.1 Å². The Morgan fingerprint density at radius 2 is 1.97 bits per heavy atom. The number of aliphatic hydroxyl groups is 1. The van der Waals surface area contributed by atoms with Crippen molar-refractivity contribution in [1.29, 1.82) is 0 Å². The maximum atomic E-state index is 14.6. The van der Waals surface area contributed by atoms with E-state index in [1.165, 1.54) is 18.0 Å². The number of halogens is 1. The number of carbonyl (C=O) groups excluding carboxylic acids is 2. The largest absolute Gasteiger partial charge is 0.479 e. The van der Waals surface area contributed by atoms with Crippen LogP contribution in [-0.2, 0) is 19.1 Å². The van der Waals surface area contributed by atoms with Crippen LogP contribution >= 0.6 is 0 Å². The normalized spacial score (nSPS) is 22.7. The Hall–Kier alpha value is -2.22. The molecule has 1 N–H and O–H groups in total. The minimum atomic E-state index is -0.534. The first-order valence-corrected chi connectivity index (χ1v) is 11.2. The molecule has 1 aliphatic heterocycles. The molecule has 31 heavy (non-hydrogen) atoms. The zero-order chi connectivity index (χ0) is 23.0. The summed E-state index contributed by atoms with van der Waals surface area (Å²) in [5.74, 6) is -1.50. The van der Waals surface area contributed by atoms with E-state index in [0.717, 1.165) is 25.7 Å². The summed E-state index contributed by atoms with van der Waals surface area (Å²) in [7, 11) is 0. The highest BCUT2D eigenvalue weighted by Gasteiger charge is 2.42. The maximum Gasteiger partial charge on any atom is 0.302 e. The van der Waals surface area contributed by atoms with Crippen LogP contribution in [0.2, 0.25) is 0 Å². The van der Waals surface area contributed by atoms with E-state index in [0.29, 0.717) is 31.9 Å². The standard InChI is InChI=1S/C23H35FN2O5/c1-15-11-12-19(24)21-20(15)22(30-14-8-6-10-17(3)31-18(4)28)25-26(23(21)29)13-7-5-9-16(2)27/h11-12,15-17,20,27H,5-10,13-14H2,1-4H3/t15?,16-,17-,20?/m1/s1. The van der Waals surface area contributed by atoms with Gasteiger partial charge in [-0.25, -0.2) is 9.40 Å². The average Bonchev–Trinajstić information content (AvgIpc) is 2.68. The molecule has 2 unspecified atom stereocenters. The second kappa shape index (κ2) is 12.0. The third-order valence-corrected chi connectivity index (χ3v) is 5.45. The Morgan fingerprint density at radius 3 is 2.65 bits per heavy atom. The number of rotatable bonds is 11. The van der Waals surface area contributed by atoms with E-state index >= 15 is 0 Å². The summed E-state index contributed by atoms with van der Waals surface area (Å²) in [4.78, 5) is 23.8. The average molecular weight is 439 g/mol. The number of fused-ring (bicyclic) bond motifs is 1. The van der Waals surface area contributed by atoms with Crippen molar-refractivity contribution in [1.82, 2.24) is 5.01 Å². The number of esters is 1. The fourth-order valence-electron chi connectivity index (χ4n) is 3.82. The molecule has 2 rings (SSSR count). The van der Waals surface area contributed by atoms with Gasteiger partial charge in [0.05, 0.1) is 30.3 Å². The maximum absolute atomic E-state index is 14.6. The van der Waals surface area contributed by atoms with E-state index in [1.54, 1.807) is 13.0 Å². The van der Waals surface area contributed by atoms with Gasteiger partial charge in [0, 0.05) is 13.5 Å². The van der Waals surface area contributed by atoms with Crippen LogP contribution in [0, 0.1) is 11.8 Å². The molecule has 0 aromatic rings. The van der Waals surface area contributed by atoms with Crippen LogP contribution in [-0.4, -0.2) is 53.2 Å². The lowest BCUT2D eigenvalue weighted by atomic mass is 9.81. The molecule has 8 heteroatoms. The molecule has 0 fully saturated rings. The van der Waals surface area contributed by atoms with Gasteiger partial charge < -0.3 is 14.6 Å². The van der Waals surface area contributed by atoms with Crippen molar-refractivity contribution < 1.29 is 28.6 Å². The van der Waals surface area contributed by atoms with Gasteiger partial charge in [-0.1, -0.05) is 13.0 Å². The molecule has 0 spiro atoms. The number of carbonyl (C=O) groups is 2. The summed E-state index contributed by atoms with van der Waals surface area (Å²) in [6.07, 6.45) is 6.84. The fourth-order valence-corrected chi connectivity index (χ4v) is 3.82. The van der Waals surface area contributed by atoms with Crippen LogP contribution in [0.25, 0.3) is 0 Å². The van der Waals surface area contributed by atoms with Crippen molar-refractivity contribution in [2.45, 2.75) is 78.4 Å². The molecule has 2 aliphatic rings. The van der Waals surface area contributed by atoms with Gasteiger partial charge in [0.15, 0.2) is 0 Å². The molecule has 0 aromatic heterocycles. The van der Waals surface area contributed by atoms with Gasteiger partial charge in [-0.05, 0) is 64.4 Å². The van der Waals surface area contributed by atoms with Gasteiger partial charge in [0.1, 0.15) is 5.83 Å². The number of nitrogens with zero attached hydrogens (tertiary/aromatic N) is 2. The first-order chi connectivity index (χ1) is 14.7. The number of hydrogen-bond acceptors (Lipinski definition) is 6.